The van der Waals surface area contributed by atoms with E-state index in [4.69, 9.17) is 0 Å². The molecule has 0 bridgehead atoms. The molecule has 1 atom stereocenters. The van der Waals surface area contributed by atoms with Crippen LogP contribution in [0, 0.1) is 0 Å². The molecule has 3 rings (SSSR count). The van der Waals surface area contributed by atoms with Gasteiger partial charge in [0.05, 0.1) is 5.56 Å². The molecule has 2 fully saturated rings. The highest BCUT2D eigenvalue weighted by Crippen LogP contribution is 2.23. The average Bonchev–Trinajstić information content (AvgIpc) is 2.90. The molecule has 1 aromatic rings. The Labute approximate surface area is 139 Å². The first-order valence-electron chi connectivity index (χ1n) is 9.17. The van der Waals surface area contributed by atoms with E-state index in [1.165, 1.54) is 32.1 Å². The van der Waals surface area contributed by atoms with Gasteiger partial charge in [0, 0.05) is 38.1 Å². The van der Waals surface area contributed by atoms with Crippen LogP contribution in [0.2, 0.25) is 0 Å². The number of aromatic nitrogens is 2. The quantitative estimate of drug-likeness (QED) is 0.859. The van der Waals surface area contributed by atoms with Gasteiger partial charge in [-0.1, -0.05) is 19.8 Å². The van der Waals surface area contributed by atoms with Crippen molar-refractivity contribution in [1.82, 2.24) is 14.9 Å². The summed E-state index contributed by atoms with van der Waals surface area (Å²) in [7, 11) is 0. The van der Waals surface area contributed by atoms with Gasteiger partial charge < -0.3 is 9.80 Å². The van der Waals surface area contributed by atoms with Crippen LogP contribution in [-0.4, -0.2) is 46.5 Å². The highest BCUT2D eigenvalue weighted by molar-refractivity contribution is 5.93. The Kier molecular flexibility index (Phi) is 5.47. The van der Waals surface area contributed by atoms with Gasteiger partial charge in [-0.2, -0.15) is 0 Å². The Bertz CT molecular complexity index is 508. The van der Waals surface area contributed by atoms with E-state index >= 15 is 0 Å². The molecule has 2 aliphatic heterocycles. The van der Waals surface area contributed by atoms with Crippen LogP contribution in [0.5, 0.6) is 0 Å². The second kappa shape index (κ2) is 7.75. The average molecular weight is 316 g/mol. The van der Waals surface area contributed by atoms with Gasteiger partial charge in [-0.15, -0.1) is 0 Å². The van der Waals surface area contributed by atoms with E-state index in [0.717, 1.165) is 44.8 Å². The van der Waals surface area contributed by atoms with E-state index in [9.17, 15) is 4.79 Å². The predicted octanol–water partition coefficient (Wildman–Crippen LogP) is 3.26. The summed E-state index contributed by atoms with van der Waals surface area (Å²) in [6.45, 7) is 4.98. The number of anilines is 1. The Balaban J connectivity index is 1.69. The molecule has 0 aliphatic carbocycles. The van der Waals surface area contributed by atoms with Crippen molar-refractivity contribution < 1.29 is 4.79 Å². The van der Waals surface area contributed by atoms with E-state index < -0.39 is 0 Å². The van der Waals surface area contributed by atoms with E-state index in [1.54, 1.807) is 12.4 Å². The van der Waals surface area contributed by atoms with Crippen LogP contribution >= 0.6 is 0 Å². The largest absolute Gasteiger partial charge is 0.339 e. The fraction of sp³-hybridized carbons (Fsp3) is 0.722. The Morgan fingerprint density at radius 1 is 1.04 bits per heavy atom. The van der Waals surface area contributed by atoms with Crippen molar-refractivity contribution in [2.45, 2.75) is 64.3 Å². The molecule has 0 spiro atoms. The van der Waals surface area contributed by atoms with E-state index in [2.05, 4.69) is 21.8 Å². The number of likely N-dealkylation sites (tertiary alicyclic amines) is 1. The minimum Gasteiger partial charge on any atom is -0.339 e. The summed E-state index contributed by atoms with van der Waals surface area (Å²) in [6.07, 6.45) is 12.9. The molecule has 0 saturated carbocycles. The Hall–Kier alpha value is -1.65. The summed E-state index contributed by atoms with van der Waals surface area (Å²) in [6, 6.07) is 0.538. The van der Waals surface area contributed by atoms with Crippen LogP contribution in [0.15, 0.2) is 12.4 Å². The van der Waals surface area contributed by atoms with Crippen molar-refractivity contribution >= 4 is 11.9 Å². The molecule has 3 heterocycles. The summed E-state index contributed by atoms with van der Waals surface area (Å²) in [5.41, 5.74) is 0.626. The smallest absolute Gasteiger partial charge is 0.256 e. The zero-order valence-corrected chi connectivity index (χ0v) is 14.2. The molecule has 0 N–H and O–H groups in total. The molecule has 23 heavy (non-hydrogen) atoms. The van der Waals surface area contributed by atoms with Gasteiger partial charge in [0.2, 0.25) is 5.95 Å². The van der Waals surface area contributed by atoms with Gasteiger partial charge in [-0.25, -0.2) is 9.97 Å². The number of rotatable bonds is 3. The van der Waals surface area contributed by atoms with Gasteiger partial charge in [0.1, 0.15) is 0 Å². The lowest BCUT2D eigenvalue weighted by atomic mass is 10.0. The van der Waals surface area contributed by atoms with Crippen LogP contribution in [-0.2, 0) is 0 Å². The van der Waals surface area contributed by atoms with Crippen LogP contribution in [0.25, 0.3) is 0 Å². The molecule has 0 aromatic carbocycles. The molecule has 5 nitrogen and oxygen atoms in total. The molecule has 126 valence electrons. The molecule has 1 aromatic heterocycles. The maximum Gasteiger partial charge on any atom is 0.256 e. The highest BCUT2D eigenvalue weighted by atomic mass is 16.2. The summed E-state index contributed by atoms with van der Waals surface area (Å²) in [4.78, 5) is 25.9. The van der Waals surface area contributed by atoms with Crippen molar-refractivity contribution in [3.63, 3.8) is 0 Å². The van der Waals surface area contributed by atoms with Crippen molar-refractivity contribution in [2.75, 3.05) is 24.5 Å². The fourth-order valence-corrected chi connectivity index (χ4v) is 3.72. The summed E-state index contributed by atoms with van der Waals surface area (Å²) in [5.74, 6) is 0.869. The van der Waals surface area contributed by atoms with Crippen molar-refractivity contribution in [1.29, 1.82) is 0 Å². The van der Waals surface area contributed by atoms with E-state index in [0.29, 0.717) is 11.6 Å². The maximum atomic E-state index is 12.6. The number of hydrogen-bond acceptors (Lipinski definition) is 4. The molecule has 2 aliphatic rings. The minimum atomic E-state index is 0.0872. The van der Waals surface area contributed by atoms with Crippen LogP contribution in [0.4, 0.5) is 5.95 Å². The lowest BCUT2D eigenvalue weighted by Gasteiger charge is -2.35. The highest BCUT2D eigenvalue weighted by Gasteiger charge is 2.24. The molecular formula is C18H28N4O. The SMILES string of the molecule is CCC1CCCCN1c1ncc(C(=O)N2CCCCCC2)cn1. The number of carbonyl (C=O) groups is 1. The summed E-state index contributed by atoms with van der Waals surface area (Å²) in [5, 5.41) is 0. The zero-order chi connectivity index (χ0) is 16.1. The lowest BCUT2D eigenvalue weighted by molar-refractivity contribution is 0.0761. The zero-order valence-electron chi connectivity index (χ0n) is 14.2. The van der Waals surface area contributed by atoms with Crippen LogP contribution in [0.1, 0.15) is 68.6 Å². The van der Waals surface area contributed by atoms with Crippen molar-refractivity contribution in [3.8, 4) is 0 Å². The molecule has 2 saturated heterocycles. The number of nitrogens with zero attached hydrogens (tertiary/aromatic N) is 4. The fourth-order valence-electron chi connectivity index (χ4n) is 3.72. The first kappa shape index (κ1) is 16.2. The van der Waals surface area contributed by atoms with Gasteiger partial charge in [-0.05, 0) is 38.5 Å². The Morgan fingerprint density at radius 2 is 1.70 bits per heavy atom. The molecule has 5 heteroatoms. The third-order valence-electron chi connectivity index (χ3n) is 5.13. The third-order valence-corrected chi connectivity index (χ3v) is 5.13. The van der Waals surface area contributed by atoms with Crippen molar-refractivity contribution in [3.05, 3.63) is 18.0 Å². The number of piperidine rings is 1. The first-order chi connectivity index (χ1) is 11.3. The lowest BCUT2D eigenvalue weighted by Crippen LogP contribution is -2.40. The van der Waals surface area contributed by atoms with E-state index in [1.807, 2.05) is 4.90 Å². The summed E-state index contributed by atoms with van der Waals surface area (Å²) >= 11 is 0. The van der Waals surface area contributed by atoms with Gasteiger partial charge in [-0.3, -0.25) is 4.79 Å². The monoisotopic (exact) mass is 316 g/mol. The molecule has 1 amide bonds. The second-order valence-corrected chi connectivity index (χ2v) is 6.73. The van der Waals surface area contributed by atoms with Crippen molar-refractivity contribution in [2.24, 2.45) is 0 Å². The first-order valence-corrected chi connectivity index (χ1v) is 9.17. The van der Waals surface area contributed by atoms with Gasteiger partial charge in [0.25, 0.3) is 5.91 Å². The van der Waals surface area contributed by atoms with Gasteiger partial charge in [0.15, 0.2) is 0 Å². The number of amides is 1. The predicted molar refractivity (Wildman–Crippen MR) is 91.7 cm³/mol. The van der Waals surface area contributed by atoms with Crippen LogP contribution in [0.3, 0.4) is 0 Å². The normalized spacial score (nSPS) is 22.7. The van der Waals surface area contributed by atoms with Crippen LogP contribution < -0.4 is 4.90 Å². The summed E-state index contributed by atoms with van der Waals surface area (Å²) < 4.78 is 0. The topological polar surface area (TPSA) is 49.3 Å². The standard InChI is InChI=1S/C18H28N4O/c1-2-16-9-5-8-12-22(16)18-19-13-15(14-20-18)17(23)21-10-6-3-4-7-11-21/h13-14,16H,2-12H2,1H3. The van der Waals surface area contributed by atoms with E-state index in [-0.39, 0.29) is 5.91 Å². The molecule has 1 unspecified atom stereocenters. The molecular weight excluding hydrogens is 288 g/mol. The Morgan fingerprint density at radius 3 is 2.35 bits per heavy atom. The number of carbonyl (C=O) groups excluding carboxylic acids is 1. The third kappa shape index (κ3) is 3.82. The number of hydrogen-bond donors (Lipinski definition) is 0. The van der Waals surface area contributed by atoms with Gasteiger partial charge >= 0.3 is 0 Å². The second-order valence-electron chi connectivity index (χ2n) is 6.73. The molecule has 0 radical (unpaired) electrons. The minimum absolute atomic E-state index is 0.0872. The maximum absolute atomic E-state index is 12.6.